The van der Waals surface area contributed by atoms with Crippen molar-refractivity contribution in [1.29, 1.82) is 0 Å². The molecule has 5 rings (SSSR count). The fraction of sp³-hybridized carbons (Fsp3) is 0.781. The molecule has 4 saturated carbocycles. The van der Waals surface area contributed by atoms with E-state index in [0.29, 0.717) is 46.9 Å². The fourth-order valence-corrected chi connectivity index (χ4v) is 10.0. The molecule has 1 aromatic carbocycles. The molecule has 224 valence electrons. The van der Waals surface area contributed by atoms with E-state index in [1.807, 2.05) is 17.4 Å². The number of benzene rings is 1. The van der Waals surface area contributed by atoms with Crippen LogP contribution in [0.4, 0.5) is 24.5 Å². The van der Waals surface area contributed by atoms with Gasteiger partial charge >= 0.3 is 6.18 Å². The molecular weight excluding hydrogens is 515 g/mol. The summed E-state index contributed by atoms with van der Waals surface area (Å²) >= 11 is 0. The summed E-state index contributed by atoms with van der Waals surface area (Å²) in [5.74, 6) is 3.99. The number of halogens is 3. The first kappa shape index (κ1) is 29.4. The second-order valence-corrected chi connectivity index (χ2v) is 14.1. The second kappa shape index (κ2) is 10.9. The van der Waals surface area contributed by atoms with Gasteiger partial charge in [0.2, 0.25) is 5.91 Å². The fourth-order valence-electron chi connectivity index (χ4n) is 10.0. The van der Waals surface area contributed by atoms with Crippen molar-refractivity contribution >= 4 is 17.3 Å². The van der Waals surface area contributed by atoms with E-state index in [4.69, 9.17) is 16.2 Å². The average Bonchev–Trinajstić information content (AvgIpc) is 3.24. The summed E-state index contributed by atoms with van der Waals surface area (Å²) in [5.41, 5.74) is 13.9. The Labute approximate surface area is 237 Å². The highest BCUT2D eigenvalue weighted by Gasteiger charge is 2.60. The van der Waals surface area contributed by atoms with Gasteiger partial charge in [0.1, 0.15) is 12.3 Å². The summed E-state index contributed by atoms with van der Waals surface area (Å²) in [6.07, 6.45) is 7.42. The number of amides is 1. The predicted octanol–water partition coefficient (Wildman–Crippen LogP) is 7.35. The Kier molecular flexibility index (Phi) is 8.03. The number of hydrogen-bond acceptors (Lipinski definition) is 4. The van der Waals surface area contributed by atoms with Gasteiger partial charge in [0.15, 0.2) is 0 Å². The predicted molar refractivity (Wildman–Crippen MR) is 152 cm³/mol. The molecule has 9 atom stereocenters. The molecule has 4 aliphatic rings. The molecule has 40 heavy (non-hydrogen) atoms. The van der Waals surface area contributed by atoms with E-state index in [-0.39, 0.29) is 17.9 Å². The van der Waals surface area contributed by atoms with Crippen molar-refractivity contribution in [2.24, 2.45) is 46.3 Å². The lowest BCUT2D eigenvalue weighted by Gasteiger charge is -2.61. The zero-order chi connectivity index (χ0) is 28.9. The van der Waals surface area contributed by atoms with E-state index in [0.717, 1.165) is 30.4 Å². The number of carbonyl (C=O) groups is 1. The smallest absolute Gasteiger partial charge is 0.405 e. The lowest BCUT2D eigenvalue weighted by atomic mass is 9.44. The maximum atomic E-state index is 12.5. The number of carbonyl (C=O) groups excluding carboxylic acids is 1. The van der Waals surface area contributed by atoms with Gasteiger partial charge in [-0.25, -0.2) is 0 Å². The minimum Gasteiger partial charge on any atom is -0.488 e. The van der Waals surface area contributed by atoms with Gasteiger partial charge in [0.25, 0.3) is 0 Å². The molecule has 0 saturated heterocycles. The van der Waals surface area contributed by atoms with E-state index in [2.05, 4.69) is 20.8 Å². The van der Waals surface area contributed by atoms with Crippen LogP contribution < -0.4 is 21.5 Å². The van der Waals surface area contributed by atoms with Gasteiger partial charge < -0.3 is 21.5 Å². The van der Waals surface area contributed by atoms with Gasteiger partial charge in [-0.15, -0.1) is 0 Å². The second-order valence-electron chi connectivity index (χ2n) is 14.1. The van der Waals surface area contributed by atoms with Crippen LogP contribution in [-0.2, 0) is 4.79 Å². The Morgan fingerprint density at radius 3 is 2.50 bits per heavy atom. The zero-order valence-electron chi connectivity index (χ0n) is 24.4. The van der Waals surface area contributed by atoms with Gasteiger partial charge in [-0.3, -0.25) is 4.79 Å². The first-order valence-corrected chi connectivity index (χ1v) is 15.5. The summed E-state index contributed by atoms with van der Waals surface area (Å²) in [6.45, 7) is 6.02. The minimum atomic E-state index is -4.36. The first-order valence-electron chi connectivity index (χ1n) is 15.5. The van der Waals surface area contributed by atoms with E-state index in [1.165, 1.54) is 44.9 Å². The molecule has 5 N–H and O–H groups in total. The molecule has 0 aliphatic heterocycles. The molecule has 0 aromatic heterocycles. The molecule has 1 amide bonds. The Balaban J connectivity index is 1.19. The topological polar surface area (TPSA) is 90.4 Å². The summed E-state index contributed by atoms with van der Waals surface area (Å²) in [6, 6.07) is 5.51. The van der Waals surface area contributed by atoms with Crippen molar-refractivity contribution in [3.63, 3.8) is 0 Å². The van der Waals surface area contributed by atoms with Crippen LogP contribution in [0.25, 0.3) is 0 Å². The van der Waals surface area contributed by atoms with Gasteiger partial charge in [-0.05, 0) is 129 Å². The number of nitrogen functional groups attached to an aromatic ring is 2. The van der Waals surface area contributed by atoms with Crippen molar-refractivity contribution in [3.8, 4) is 5.75 Å². The van der Waals surface area contributed by atoms with Crippen LogP contribution in [0.1, 0.15) is 91.4 Å². The average molecular weight is 564 g/mol. The number of nitrogens with one attached hydrogen (secondary N) is 1. The molecule has 1 aromatic rings. The third-order valence-corrected chi connectivity index (χ3v) is 12.0. The Morgan fingerprint density at radius 1 is 1.05 bits per heavy atom. The number of fused-ring (bicyclic) bond motifs is 5. The summed E-state index contributed by atoms with van der Waals surface area (Å²) < 4.78 is 43.8. The van der Waals surface area contributed by atoms with Crippen LogP contribution in [0.15, 0.2) is 18.2 Å². The summed E-state index contributed by atoms with van der Waals surface area (Å²) in [5, 5.41) is 2.04. The van der Waals surface area contributed by atoms with Crippen molar-refractivity contribution in [2.45, 2.75) is 104 Å². The third-order valence-electron chi connectivity index (χ3n) is 12.0. The Bertz CT molecular complexity index is 1080. The molecule has 0 bridgehead atoms. The highest BCUT2D eigenvalue weighted by Crippen LogP contribution is 2.68. The highest BCUT2D eigenvalue weighted by atomic mass is 19.4. The summed E-state index contributed by atoms with van der Waals surface area (Å²) in [7, 11) is 0. The van der Waals surface area contributed by atoms with Crippen LogP contribution in [0.3, 0.4) is 0 Å². The van der Waals surface area contributed by atoms with Crippen LogP contribution in [-0.4, -0.2) is 24.7 Å². The number of nitrogens with two attached hydrogens (primary N) is 2. The largest absolute Gasteiger partial charge is 0.488 e. The van der Waals surface area contributed by atoms with Crippen LogP contribution >= 0.6 is 0 Å². The minimum absolute atomic E-state index is 0.172. The van der Waals surface area contributed by atoms with Crippen LogP contribution in [0, 0.1) is 46.3 Å². The Hall–Kier alpha value is -2.12. The first-order chi connectivity index (χ1) is 18.8. The molecule has 4 aliphatic carbocycles. The number of hydrogen-bond donors (Lipinski definition) is 3. The lowest BCUT2D eigenvalue weighted by Crippen LogP contribution is -2.54. The van der Waals surface area contributed by atoms with Crippen molar-refractivity contribution in [3.05, 3.63) is 18.2 Å². The molecule has 4 fully saturated rings. The van der Waals surface area contributed by atoms with E-state index in [1.54, 1.807) is 6.07 Å². The van der Waals surface area contributed by atoms with E-state index < -0.39 is 18.6 Å². The van der Waals surface area contributed by atoms with Crippen LogP contribution in [0.2, 0.25) is 0 Å². The molecular formula is C32H48F3N3O2. The van der Waals surface area contributed by atoms with Crippen molar-refractivity contribution < 1.29 is 22.7 Å². The third kappa shape index (κ3) is 5.65. The van der Waals surface area contributed by atoms with Crippen molar-refractivity contribution in [2.75, 3.05) is 18.0 Å². The van der Waals surface area contributed by atoms with Gasteiger partial charge in [0.05, 0.1) is 11.8 Å². The molecule has 0 spiro atoms. The molecule has 0 heterocycles. The van der Waals surface area contributed by atoms with E-state index in [9.17, 15) is 18.0 Å². The number of alkyl halides is 3. The zero-order valence-corrected chi connectivity index (χ0v) is 24.4. The number of ether oxygens (including phenoxy) is 1. The normalized spacial score (nSPS) is 38.0. The lowest BCUT2D eigenvalue weighted by molar-refractivity contribution is -0.138. The standard InChI is InChI=1S/C32H48F3N3O2/c1-19(4-11-29(39)38-18-32(33,34)35)24-8-9-25-23-7-5-20-16-22(40-28-10-6-21(36)17-27(28)37)12-14-30(20,2)26(23)13-15-31(24,25)3/h6,10,17,19-20,22-26H,4-5,7-9,11-16,18,36-37H2,1-3H3,(H,38,39)/t19-,20?,22?,23+,24-,25+,26+,30+,31-/m1/s1. The summed E-state index contributed by atoms with van der Waals surface area (Å²) in [4.78, 5) is 12.1. The number of rotatable bonds is 7. The van der Waals surface area contributed by atoms with Gasteiger partial charge in [0, 0.05) is 12.1 Å². The van der Waals surface area contributed by atoms with Crippen LogP contribution in [0.5, 0.6) is 5.75 Å². The maximum Gasteiger partial charge on any atom is 0.405 e. The maximum absolute atomic E-state index is 12.5. The van der Waals surface area contributed by atoms with Gasteiger partial charge in [-0.2, -0.15) is 13.2 Å². The molecule has 8 heteroatoms. The quantitative estimate of drug-likeness (QED) is 0.303. The monoisotopic (exact) mass is 563 g/mol. The van der Waals surface area contributed by atoms with Crippen molar-refractivity contribution in [1.82, 2.24) is 5.32 Å². The SMILES string of the molecule is C[C@H](CCC(=O)NCC(F)(F)F)[C@H]1CC[C@H]2[C@@H]3CCC4CC(Oc5ccc(N)cc5N)CC[C@]4(C)[C@H]3CC[C@]12C. The van der Waals surface area contributed by atoms with Gasteiger partial charge in [-0.1, -0.05) is 20.8 Å². The number of anilines is 2. The molecule has 0 radical (unpaired) electrons. The highest BCUT2D eigenvalue weighted by molar-refractivity contribution is 5.75. The molecule has 5 nitrogen and oxygen atoms in total. The molecule has 2 unspecified atom stereocenters. The van der Waals surface area contributed by atoms with E-state index >= 15 is 0 Å². The Morgan fingerprint density at radius 2 is 1.77 bits per heavy atom.